The van der Waals surface area contributed by atoms with E-state index in [-0.39, 0.29) is 23.9 Å². The monoisotopic (exact) mass is 197 g/mol. The average Bonchev–Trinajstić information content (AvgIpc) is 2.72. The highest BCUT2D eigenvalue weighted by Crippen LogP contribution is 2.18. The van der Waals surface area contributed by atoms with Gasteiger partial charge in [-0.05, 0) is 13.5 Å². The highest BCUT2D eigenvalue weighted by molar-refractivity contribution is 5.86. The lowest BCUT2D eigenvalue weighted by Crippen LogP contribution is -2.42. The number of hydrogen-bond donors (Lipinski definition) is 2. The van der Waals surface area contributed by atoms with Gasteiger partial charge in [-0.1, -0.05) is 0 Å². The molecular weight excluding hydrogens is 182 g/mol. The molecule has 2 N–H and O–H groups in total. The van der Waals surface area contributed by atoms with E-state index in [9.17, 15) is 9.59 Å². The van der Waals surface area contributed by atoms with Gasteiger partial charge in [0.25, 0.3) is 0 Å². The first-order chi connectivity index (χ1) is 6.72. The van der Waals surface area contributed by atoms with Gasteiger partial charge in [0.15, 0.2) is 0 Å². The van der Waals surface area contributed by atoms with E-state index in [0.29, 0.717) is 13.0 Å². The average molecular weight is 197 g/mol. The van der Waals surface area contributed by atoms with Gasteiger partial charge in [-0.3, -0.25) is 9.59 Å². The standard InChI is InChI=1S/C9H15N3O2/c1-10-7-2-3-12(9(7)14)6-4-8(13)11-5-6/h6-7,10H,2-5H2,1H3,(H,11,13). The van der Waals surface area contributed by atoms with E-state index in [1.807, 2.05) is 4.90 Å². The van der Waals surface area contributed by atoms with Crippen molar-refractivity contribution in [2.24, 2.45) is 0 Å². The third-order valence-corrected chi connectivity index (χ3v) is 2.98. The van der Waals surface area contributed by atoms with E-state index in [2.05, 4.69) is 10.6 Å². The van der Waals surface area contributed by atoms with Crippen LogP contribution in [-0.2, 0) is 9.59 Å². The van der Waals surface area contributed by atoms with Crippen molar-refractivity contribution in [3.05, 3.63) is 0 Å². The number of amides is 2. The summed E-state index contributed by atoms with van der Waals surface area (Å²) in [4.78, 5) is 24.6. The first-order valence-corrected chi connectivity index (χ1v) is 4.97. The lowest BCUT2D eigenvalue weighted by atomic mass is 10.2. The molecule has 2 aliphatic rings. The minimum atomic E-state index is -0.0503. The van der Waals surface area contributed by atoms with Crippen molar-refractivity contribution in [1.29, 1.82) is 0 Å². The molecule has 2 heterocycles. The van der Waals surface area contributed by atoms with Gasteiger partial charge < -0.3 is 15.5 Å². The fourth-order valence-electron chi connectivity index (χ4n) is 2.14. The molecule has 2 rings (SSSR count). The summed E-state index contributed by atoms with van der Waals surface area (Å²) in [5, 5.41) is 5.73. The number of nitrogens with one attached hydrogen (secondary N) is 2. The van der Waals surface area contributed by atoms with Crippen LogP contribution < -0.4 is 10.6 Å². The Morgan fingerprint density at radius 3 is 2.79 bits per heavy atom. The Kier molecular flexibility index (Phi) is 2.41. The minimum Gasteiger partial charge on any atom is -0.354 e. The molecule has 78 valence electrons. The van der Waals surface area contributed by atoms with E-state index in [1.54, 1.807) is 7.05 Å². The Morgan fingerprint density at radius 2 is 2.29 bits per heavy atom. The predicted molar refractivity (Wildman–Crippen MR) is 50.6 cm³/mol. The van der Waals surface area contributed by atoms with Crippen LogP contribution in [-0.4, -0.2) is 48.9 Å². The van der Waals surface area contributed by atoms with Gasteiger partial charge >= 0.3 is 0 Å². The summed E-state index contributed by atoms with van der Waals surface area (Å²) in [6.45, 7) is 1.38. The van der Waals surface area contributed by atoms with E-state index in [4.69, 9.17) is 0 Å². The van der Waals surface area contributed by atoms with Crippen LogP contribution in [0.4, 0.5) is 0 Å². The van der Waals surface area contributed by atoms with Crippen LogP contribution in [0, 0.1) is 0 Å². The van der Waals surface area contributed by atoms with Gasteiger partial charge in [0.05, 0.1) is 12.1 Å². The topological polar surface area (TPSA) is 61.4 Å². The summed E-state index contributed by atoms with van der Waals surface area (Å²) in [5.74, 6) is 0.185. The van der Waals surface area contributed by atoms with Crippen molar-refractivity contribution in [1.82, 2.24) is 15.5 Å². The fourth-order valence-corrected chi connectivity index (χ4v) is 2.14. The molecule has 5 nitrogen and oxygen atoms in total. The van der Waals surface area contributed by atoms with Gasteiger partial charge in [0.2, 0.25) is 11.8 Å². The molecule has 2 aliphatic heterocycles. The lowest BCUT2D eigenvalue weighted by Gasteiger charge is -2.22. The van der Waals surface area contributed by atoms with Gasteiger partial charge in [-0.15, -0.1) is 0 Å². The molecule has 0 saturated carbocycles. The molecule has 5 heteroatoms. The second kappa shape index (κ2) is 3.57. The van der Waals surface area contributed by atoms with Crippen molar-refractivity contribution in [2.75, 3.05) is 20.1 Å². The molecule has 0 aromatic heterocycles. The molecule has 0 spiro atoms. The lowest BCUT2D eigenvalue weighted by molar-refractivity contribution is -0.131. The predicted octanol–water partition coefficient (Wildman–Crippen LogP) is -1.30. The van der Waals surface area contributed by atoms with Crippen LogP contribution in [0.15, 0.2) is 0 Å². The van der Waals surface area contributed by atoms with Crippen LogP contribution in [0.25, 0.3) is 0 Å². The number of carbonyl (C=O) groups excluding carboxylic acids is 2. The van der Waals surface area contributed by atoms with Crippen LogP contribution in [0.3, 0.4) is 0 Å². The van der Waals surface area contributed by atoms with Crippen molar-refractivity contribution in [3.8, 4) is 0 Å². The number of likely N-dealkylation sites (tertiary alicyclic amines) is 1. The van der Waals surface area contributed by atoms with Crippen molar-refractivity contribution < 1.29 is 9.59 Å². The Balaban J connectivity index is 1.99. The maximum absolute atomic E-state index is 11.8. The molecular formula is C9H15N3O2. The number of carbonyl (C=O) groups is 2. The van der Waals surface area contributed by atoms with Crippen LogP contribution >= 0.6 is 0 Å². The molecule has 0 bridgehead atoms. The molecule has 0 aromatic rings. The number of nitrogens with zero attached hydrogens (tertiary/aromatic N) is 1. The molecule has 2 unspecified atom stereocenters. The maximum atomic E-state index is 11.8. The van der Waals surface area contributed by atoms with Crippen LogP contribution in [0.2, 0.25) is 0 Å². The van der Waals surface area contributed by atoms with Crippen molar-refractivity contribution in [3.63, 3.8) is 0 Å². The normalized spacial score (nSPS) is 32.5. The Hall–Kier alpha value is -1.10. The zero-order chi connectivity index (χ0) is 10.1. The molecule has 2 fully saturated rings. The fraction of sp³-hybridized carbons (Fsp3) is 0.778. The summed E-state index contributed by atoms with van der Waals surface area (Å²) in [5.41, 5.74) is 0. The summed E-state index contributed by atoms with van der Waals surface area (Å²) in [7, 11) is 1.80. The zero-order valence-corrected chi connectivity index (χ0v) is 8.25. The van der Waals surface area contributed by atoms with Gasteiger partial charge in [0.1, 0.15) is 0 Å². The molecule has 14 heavy (non-hydrogen) atoms. The number of likely N-dealkylation sites (N-methyl/N-ethyl adjacent to an activating group) is 1. The van der Waals surface area contributed by atoms with E-state index < -0.39 is 0 Å². The molecule has 0 aromatic carbocycles. The van der Waals surface area contributed by atoms with Gasteiger partial charge in [-0.25, -0.2) is 0 Å². The summed E-state index contributed by atoms with van der Waals surface area (Å²) < 4.78 is 0. The smallest absolute Gasteiger partial charge is 0.240 e. The van der Waals surface area contributed by atoms with E-state index in [0.717, 1.165) is 13.0 Å². The maximum Gasteiger partial charge on any atom is 0.240 e. The Morgan fingerprint density at radius 1 is 1.50 bits per heavy atom. The minimum absolute atomic E-state index is 0.0503. The number of rotatable bonds is 2. The largest absolute Gasteiger partial charge is 0.354 e. The second-order valence-electron chi connectivity index (χ2n) is 3.82. The van der Waals surface area contributed by atoms with Crippen LogP contribution in [0.1, 0.15) is 12.8 Å². The summed E-state index contributed by atoms with van der Waals surface area (Å²) >= 11 is 0. The van der Waals surface area contributed by atoms with E-state index in [1.165, 1.54) is 0 Å². The first-order valence-electron chi connectivity index (χ1n) is 4.97. The molecule has 2 saturated heterocycles. The quantitative estimate of drug-likeness (QED) is 0.578. The SMILES string of the molecule is CNC1CCN(C2CNC(=O)C2)C1=O. The Bertz CT molecular complexity index is 267. The van der Waals surface area contributed by atoms with Crippen molar-refractivity contribution >= 4 is 11.8 Å². The zero-order valence-electron chi connectivity index (χ0n) is 8.25. The third-order valence-electron chi connectivity index (χ3n) is 2.98. The summed E-state index contributed by atoms with van der Waals surface area (Å²) in [6.07, 6.45) is 1.31. The Labute approximate surface area is 82.8 Å². The molecule has 0 aliphatic carbocycles. The van der Waals surface area contributed by atoms with Gasteiger partial charge in [-0.2, -0.15) is 0 Å². The highest BCUT2D eigenvalue weighted by atomic mass is 16.2. The van der Waals surface area contributed by atoms with Crippen molar-refractivity contribution in [2.45, 2.75) is 24.9 Å². The second-order valence-corrected chi connectivity index (χ2v) is 3.82. The molecule has 2 atom stereocenters. The summed E-state index contributed by atoms with van der Waals surface area (Å²) in [6, 6.07) is 0.0269. The molecule has 2 amide bonds. The van der Waals surface area contributed by atoms with E-state index >= 15 is 0 Å². The van der Waals surface area contributed by atoms with Gasteiger partial charge in [0, 0.05) is 19.5 Å². The highest BCUT2D eigenvalue weighted by Gasteiger charge is 2.37. The first kappa shape index (κ1) is 9.45. The number of hydrogen-bond acceptors (Lipinski definition) is 3. The third kappa shape index (κ3) is 1.48. The molecule has 0 radical (unpaired) electrons. The van der Waals surface area contributed by atoms with Crippen LogP contribution in [0.5, 0.6) is 0 Å².